The van der Waals surface area contributed by atoms with Crippen LogP contribution in [-0.2, 0) is 6.42 Å². The van der Waals surface area contributed by atoms with E-state index in [1.54, 1.807) is 6.07 Å². The summed E-state index contributed by atoms with van der Waals surface area (Å²) in [7, 11) is 0. The summed E-state index contributed by atoms with van der Waals surface area (Å²) in [6, 6.07) is 15.0. The van der Waals surface area contributed by atoms with E-state index < -0.39 is 0 Å². The number of ketones is 1. The summed E-state index contributed by atoms with van der Waals surface area (Å²) in [6.07, 6.45) is 4.39. The molecule has 0 fully saturated rings. The lowest BCUT2D eigenvalue weighted by atomic mass is 9.95. The first-order valence-corrected chi connectivity index (χ1v) is 7.48. The predicted molar refractivity (Wildman–Crippen MR) is 84.6 cm³/mol. The van der Waals surface area contributed by atoms with Crippen molar-refractivity contribution in [3.8, 4) is 0 Å². The molecule has 0 aliphatic carbocycles. The molecule has 1 nitrogen and oxygen atoms in total. The Hall–Kier alpha value is -1.60. The summed E-state index contributed by atoms with van der Waals surface area (Å²) in [5.41, 5.74) is 2.54. The van der Waals surface area contributed by atoms with Gasteiger partial charge >= 0.3 is 0 Å². The smallest absolute Gasteiger partial charge is 0.193 e. The molecule has 0 atom stereocenters. The second kappa shape index (κ2) is 7.25. The monoisotopic (exact) mass is 286 g/mol. The summed E-state index contributed by atoms with van der Waals surface area (Å²) in [5.74, 6) is 0.0552. The molecule has 0 heterocycles. The average molecular weight is 287 g/mol. The van der Waals surface area contributed by atoms with Crippen molar-refractivity contribution in [2.45, 2.75) is 32.6 Å². The number of halogens is 1. The Bertz CT molecular complexity index is 575. The molecule has 2 aromatic carbocycles. The minimum absolute atomic E-state index is 0.0552. The first-order valence-electron chi connectivity index (χ1n) is 7.10. The van der Waals surface area contributed by atoms with E-state index in [1.807, 2.05) is 42.5 Å². The second-order valence-electron chi connectivity index (χ2n) is 4.95. The summed E-state index contributed by atoms with van der Waals surface area (Å²) in [6.45, 7) is 2.18. The maximum atomic E-state index is 12.6. The molecule has 0 N–H and O–H groups in total. The molecule has 0 aliphatic rings. The fourth-order valence-corrected chi connectivity index (χ4v) is 2.46. The number of unbranched alkanes of at least 4 members (excludes halogenated alkanes) is 2. The van der Waals surface area contributed by atoms with Crippen molar-refractivity contribution in [2.24, 2.45) is 0 Å². The molecular weight excluding hydrogens is 268 g/mol. The van der Waals surface area contributed by atoms with Gasteiger partial charge in [0, 0.05) is 16.1 Å². The summed E-state index contributed by atoms with van der Waals surface area (Å²) >= 11 is 6.06. The lowest BCUT2D eigenvalue weighted by Gasteiger charge is -2.09. The normalized spacial score (nSPS) is 10.5. The Labute approximate surface area is 125 Å². The van der Waals surface area contributed by atoms with E-state index in [9.17, 15) is 4.79 Å². The summed E-state index contributed by atoms with van der Waals surface area (Å²) < 4.78 is 0. The lowest BCUT2D eigenvalue weighted by Crippen LogP contribution is -2.05. The van der Waals surface area contributed by atoms with Crippen molar-refractivity contribution in [2.75, 3.05) is 0 Å². The van der Waals surface area contributed by atoms with Crippen molar-refractivity contribution in [3.05, 3.63) is 70.2 Å². The number of benzene rings is 2. The zero-order chi connectivity index (χ0) is 14.4. The highest BCUT2D eigenvalue weighted by atomic mass is 35.5. The number of hydrogen-bond donors (Lipinski definition) is 0. The van der Waals surface area contributed by atoms with Gasteiger partial charge < -0.3 is 0 Å². The third-order valence-corrected chi connectivity index (χ3v) is 3.64. The molecule has 0 unspecified atom stereocenters. The largest absolute Gasteiger partial charge is 0.289 e. The van der Waals surface area contributed by atoms with E-state index in [0.717, 1.165) is 24.0 Å². The third-order valence-electron chi connectivity index (χ3n) is 3.40. The lowest BCUT2D eigenvalue weighted by molar-refractivity contribution is 0.103. The number of carbonyl (C=O) groups is 1. The maximum absolute atomic E-state index is 12.6. The van der Waals surface area contributed by atoms with E-state index in [2.05, 4.69) is 6.92 Å². The van der Waals surface area contributed by atoms with Gasteiger partial charge in [0.05, 0.1) is 0 Å². The first kappa shape index (κ1) is 14.8. The van der Waals surface area contributed by atoms with Crippen LogP contribution in [0.3, 0.4) is 0 Å². The molecule has 2 rings (SSSR count). The van der Waals surface area contributed by atoms with Crippen molar-refractivity contribution < 1.29 is 4.79 Å². The van der Waals surface area contributed by atoms with Gasteiger partial charge in [0.1, 0.15) is 0 Å². The zero-order valence-electron chi connectivity index (χ0n) is 11.7. The highest BCUT2D eigenvalue weighted by molar-refractivity contribution is 6.31. The van der Waals surface area contributed by atoms with Gasteiger partial charge in [-0.25, -0.2) is 0 Å². The number of rotatable bonds is 6. The van der Waals surface area contributed by atoms with Crippen LogP contribution in [-0.4, -0.2) is 5.78 Å². The highest BCUT2D eigenvalue weighted by Gasteiger charge is 2.13. The molecule has 20 heavy (non-hydrogen) atoms. The minimum atomic E-state index is 0.0552. The van der Waals surface area contributed by atoms with E-state index in [1.165, 1.54) is 12.8 Å². The number of aryl methyl sites for hydroxylation is 1. The van der Waals surface area contributed by atoms with Crippen LogP contribution in [0.2, 0.25) is 5.02 Å². The fraction of sp³-hybridized carbons (Fsp3) is 0.278. The molecular formula is C18H19ClO. The highest BCUT2D eigenvalue weighted by Crippen LogP contribution is 2.21. The molecule has 0 bridgehead atoms. The van der Waals surface area contributed by atoms with Crippen molar-refractivity contribution >= 4 is 17.4 Å². The van der Waals surface area contributed by atoms with Crippen molar-refractivity contribution in [1.82, 2.24) is 0 Å². The number of hydrogen-bond acceptors (Lipinski definition) is 1. The molecule has 0 aromatic heterocycles. The van der Waals surface area contributed by atoms with Gasteiger partial charge in [0.25, 0.3) is 0 Å². The summed E-state index contributed by atoms with van der Waals surface area (Å²) in [5, 5.41) is 0.614. The first-order chi connectivity index (χ1) is 9.72. The van der Waals surface area contributed by atoms with E-state index in [4.69, 9.17) is 11.6 Å². The van der Waals surface area contributed by atoms with E-state index in [-0.39, 0.29) is 5.78 Å². The van der Waals surface area contributed by atoms with Crippen LogP contribution in [0.1, 0.15) is 47.7 Å². The Kier molecular flexibility index (Phi) is 5.37. The van der Waals surface area contributed by atoms with Gasteiger partial charge in [-0.15, -0.1) is 0 Å². The van der Waals surface area contributed by atoms with Crippen LogP contribution in [0, 0.1) is 0 Å². The van der Waals surface area contributed by atoms with E-state index in [0.29, 0.717) is 10.6 Å². The van der Waals surface area contributed by atoms with Crippen LogP contribution in [0.5, 0.6) is 0 Å². The van der Waals surface area contributed by atoms with Gasteiger partial charge in [-0.1, -0.05) is 67.8 Å². The molecule has 0 aliphatic heterocycles. The van der Waals surface area contributed by atoms with Crippen LogP contribution >= 0.6 is 11.6 Å². The maximum Gasteiger partial charge on any atom is 0.193 e. The van der Waals surface area contributed by atoms with Crippen molar-refractivity contribution in [3.63, 3.8) is 0 Å². The van der Waals surface area contributed by atoms with Gasteiger partial charge in [0.15, 0.2) is 5.78 Å². The SMILES string of the molecule is CCCCCc1ccc(Cl)cc1C(=O)c1ccccc1. The minimum Gasteiger partial charge on any atom is -0.289 e. The summed E-state index contributed by atoms with van der Waals surface area (Å²) in [4.78, 5) is 12.6. The van der Waals surface area contributed by atoms with Gasteiger partial charge in [-0.2, -0.15) is 0 Å². The standard InChI is InChI=1S/C18H19ClO/c1-2-3-5-8-14-11-12-16(19)13-17(14)18(20)15-9-6-4-7-10-15/h4,6-7,9-13H,2-3,5,8H2,1H3. The quantitative estimate of drug-likeness (QED) is 0.520. The van der Waals surface area contributed by atoms with Gasteiger partial charge in [0.2, 0.25) is 0 Å². The fourth-order valence-electron chi connectivity index (χ4n) is 2.29. The molecule has 2 aromatic rings. The molecule has 0 amide bonds. The van der Waals surface area contributed by atoms with E-state index >= 15 is 0 Å². The Balaban J connectivity index is 2.29. The zero-order valence-corrected chi connectivity index (χ0v) is 12.5. The van der Waals surface area contributed by atoms with Crippen LogP contribution < -0.4 is 0 Å². The number of carbonyl (C=O) groups excluding carboxylic acids is 1. The molecule has 0 radical (unpaired) electrons. The Morgan fingerprint density at radius 3 is 2.50 bits per heavy atom. The molecule has 2 heteroatoms. The molecule has 0 spiro atoms. The average Bonchev–Trinajstić information content (AvgIpc) is 2.49. The molecule has 0 saturated heterocycles. The molecule has 104 valence electrons. The molecule has 0 saturated carbocycles. The predicted octanol–water partition coefficient (Wildman–Crippen LogP) is 5.30. The second-order valence-corrected chi connectivity index (χ2v) is 5.39. The van der Waals surface area contributed by atoms with Gasteiger partial charge in [-0.05, 0) is 30.5 Å². The van der Waals surface area contributed by atoms with Crippen LogP contribution in [0.4, 0.5) is 0 Å². The van der Waals surface area contributed by atoms with Crippen LogP contribution in [0.15, 0.2) is 48.5 Å². The van der Waals surface area contributed by atoms with Gasteiger partial charge in [-0.3, -0.25) is 4.79 Å². The topological polar surface area (TPSA) is 17.1 Å². The third kappa shape index (κ3) is 3.71. The van der Waals surface area contributed by atoms with Crippen molar-refractivity contribution in [1.29, 1.82) is 0 Å². The van der Waals surface area contributed by atoms with Crippen LogP contribution in [0.25, 0.3) is 0 Å². The Morgan fingerprint density at radius 2 is 1.80 bits per heavy atom. The Morgan fingerprint density at radius 1 is 1.05 bits per heavy atom.